The van der Waals surface area contributed by atoms with Gasteiger partial charge in [-0.25, -0.2) is 0 Å². The number of aliphatic hydroxyl groups excluding tert-OH is 1. The molecule has 0 spiro atoms. The van der Waals surface area contributed by atoms with Crippen molar-refractivity contribution in [2.75, 3.05) is 18.0 Å². The molecule has 0 bridgehead atoms. The van der Waals surface area contributed by atoms with Gasteiger partial charge in [0.1, 0.15) is 0 Å². The zero-order valence-corrected chi connectivity index (χ0v) is 7.22. The Hall–Kier alpha value is -1.42. The van der Waals surface area contributed by atoms with E-state index >= 15 is 0 Å². The van der Waals surface area contributed by atoms with Crippen molar-refractivity contribution in [3.05, 3.63) is 30.0 Å². The van der Waals surface area contributed by atoms with E-state index in [2.05, 4.69) is 27.2 Å². The Morgan fingerprint density at radius 2 is 2.00 bits per heavy atom. The first-order valence-electron chi connectivity index (χ1n) is 4.23. The number of aliphatic hydroxyl groups is 1. The van der Waals surface area contributed by atoms with Gasteiger partial charge in [-0.05, 0) is 12.1 Å². The molecule has 0 saturated carbocycles. The predicted octanol–water partition coefficient (Wildman–Crippen LogP) is 0.345. The summed E-state index contributed by atoms with van der Waals surface area (Å²) < 4.78 is 0. The largest absolute Gasteiger partial charge is 0.390 e. The minimum atomic E-state index is -0.0501. The fourth-order valence-corrected chi connectivity index (χ4v) is 1.27. The maximum absolute atomic E-state index is 8.77. The first-order valence-corrected chi connectivity index (χ1v) is 4.23. The van der Waals surface area contributed by atoms with Gasteiger partial charge in [0, 0.05) is 13.1 Å². The summed E-state index contributed by atoms with van der Waals surface area (Å²) in [6, 6.07) is 3.67. The molecular formula is C9H11N3O. The van der Waals surface area contributed by atoms with E-state index in [1.165, 1.54) is 0 Å². The van der Waals surface area contributed by atoms with Crippen LogP contribution in [0.25, 0.3) is 0 Å². The summed E-state index contributed by atoms with van der Waals surface area (Å²) in [5, 5.41) is 16.6. The third-order valence-electron chi connectivity index (χ3n) is 2.01. The normalized spacial score (nSPS) is 15.3. The molecule has 1 aliphatic rings. The molecule has 1 aromatic rings. The molecule has 0 aromatic carbocycles. The van der Waals surface area contributed by atoms with Crippen LogP contribution >= 0.6 is 0 Å². The number of anilines is 1. The molecule has 2 heterocycles. The van der Waals surface area contributed by atoms with Gasteiger partial charge in [-0.1, -0.05) is 12.2 Å². The van der Waals surface area contributed by atoms with E-state index in [0.29, 0.717) is 5.69 Å². The minimum absolute atomic E-state index is 0.0501. The van der Waals surface area contributed by atoms with Gasteiger partial charge in [-0.15, -0.1) is 5.10 Å². The van der Waals surface area contributed by atoms with Crippen molar-refractivity contribution >= 4 is 5.82 Å². The van der Waals surface area contributed by atoms with Crippen molar-refractivity contribution < 1.29 is 5.11 Å². The maximum atomic E-state index is 8.77. The molecule has 4 nitrogen and oxygen atoms in total. The number of hydrogen-bond donors (Lipinski definition) is 1. The van der Waals surface area contributed by atoms with Crippen molar-refractivity contribution in [1.29, 1.82) is 0 Å². The van der Waals surface area contributed by atoms with E-state index in [9.17, 15) is 0 Å². The third-order valence-corrected chi connectivity index (χ3v) is 2.01. The summed E-state index contributed by atoms with van der Waals surface area (Å²) in [5.41, 5.74) is 0.607. The molecule has 0 fully saturated rings. The lowest BCUT2D eigenvalue weighted by Gasteiger charge is -2.14. The predicted molar refractivity (Wildman–Crippen MR) is 49.3 cm³/mol. The fourth-order valence-electron chi connectivity index (χ4n) is 1.27. The maximum Gasteiger partial charge on any atom is 0.151 e. The van der Waals surface area contributed by atoms with Gasteiger partial charge >= 0.3 is 0 Å². The quantitative estimate of drug-likeness (QED) is 0.662. The molecule has 0 amide bonds. The second-order valence-corrected chi connectivity index (χ2v) is 2.92. The van der Waals surface area contributed by atoms with E-state index in [4.69, 9.17) is 5.11 Å². The van der Waals surface area contributed by atoms with Gasteiger partial charge < -0.3 is 10.0 Å². The van der Waals surface area contributed by atoms with Crippen LogP contribution in [0.1, 0.15) is 5.69 Å². The summed E-state index contributed by atoms with van der Waals surface area (Å²) in [6.07, 6.45) is 4.20. The molecule has 13 heavy (non-hydrogen) atoms. The Kier molecular flexibility index (Phi) is 2.23. The average Bonchev–Trinajstić information content (AvgIpc) is 2.71. The number of aromatic nitrogens is 2. The highest BCUT2D eigenvalue weighted by atomic mass is 16.3. The van der Waals surface area contributed by atoms with Crippen LogP contribution < -0.4 is 4.90 Å². The topological polar surface area (TPSA) is 49.2 Å². The van der Waals surface area contributed by atoms with E-state index in [1.807, 2.05) is 6.07 Å². The molecular weight excluding hydrogens is 166 g/mol. The Bertz CT molecular complexity index is 299. The average molecular weight is 177 g/mol. The van der Waals surface area contributed by atoms with E-state index in [1.54, 1.807) is 6.07 Å². The number of rotatable bonds is 2. The number of nitrogens with zero attached hydrogens (tertiary/aromatic N) is 3. The van der Waals surface area contributed by atoms with Crippen LogP contribution in [0.3, 0.4) is 0 Å². The summed E-state index contributed by atoms with van der Waals surface area (Å²) in [5.74, 6) is 0.863. The highest BCUT2D eigenvalue weighted by Gasteiger charge is 2.08. The zero-order valence-electron chi connectivity index (χ0n) is 7.22. The lowest BCUT2D eigenvalue weighted by atomic mass is 10.4. The van der Waals surface area contributed by atoms with Crippen molar-refractivity contribution in [2.24, 2.45) is 0 Å². The lowest BCUT2D eigenvalue weighted by molar-refractivity contribution is 0.275. The first kappa shape index (κ1) is 8.19. The highest BCUT2D eigenvalue weighted by Crippen LogP contribution is 2.12. The smallest absolute Gasteiger partial charge is 0.151 e. The molecule has 1 aromatic heterocycles. The van der Waals surface area contributed by atoms with Crippen LogP contribution in [0.4, 0.5) is 5.82 Å². The minimum Gasteiger partial charge on any atom is -0.390 e. The molecule has 68 valence electrons. The van der Waals surface area contributed by atoms with Crippen LogP contribution in [-0.4, -0.2) is 28.4 Å². The summed E-state index contributed by atoms with van der Waals surface area (Å²) in [7, 11) is 0. The Balaban J connectivity index is 2.13. The fraction of sp³-hybridized carbons (Fsp3) is 0.333. The highest BCUT2D eigenvalue weighted by molar-refractivity contribution is 5.41. The number of hydrogen-bond acceptors (Lipinski definition) is 4. The Morgan fingerprint density at radius 3 is 2.54 bits per heavy atom. The second kappa shape index (κ2) is 3.53. The molecule has 0 saturated heterocycles. The molecule has 0 radical (unpaired) electrons. The van der Waals surface area contributed by atoms with Crippen LogP contribution in [0, 0.1) is 0 Å². The van der Waals surface area contributed by atoms with Gasteiger partial charge in [0.05, 0.1) is 12.3 Å². The molecule has 4 heteroatoms. The van der Waals surface area contributed by atoms with E-state index < -0.39 is 0 Å². The first-order chi connectivity index (χ1) is 6.40. The second-order valence-electron chi connectivity index (χ2n) is 2.92. The van der Waals surface area contributed by atoms with E-state index in [0.717, 1.165) is 18.9 Å². The summed E-state index contributed by atoms with van der Waals surface area (Å²) in [4.78, 5) is 2.11. The lowest BCUT2D eigenvalue weighted by Crippen LogP contribution is -2.20. The molecule has 0 aliphatic carbocycles. The van der Waals surface area contributed by atoms with Gasteiger partial charge in [-0.2, -0.15) is 5.10 Å². The SMILES string of the molecule is OCc1ccc(N2CC=CC2)nn1. The standard InChI is InChI=1S/C9H11N3O/c13-7-8-3-4-9(11-10-8)12-5-1-2-6-12/h1-4,13H,5-7H2. The molecule has 0 atom stereocenters. The van der Waals surface area contributed by atoms with Crippen molar-refractivity contribution in [1.82, 2.24) is 10.2 Å². The van der Waals surface area contributed by atoms with Crippen molar-refractivity contribution in [3.63, 3.8) is 0 Å². The molecule has 1 N–H and O–H groups in total. The molecule has 1 aliphatic heterocycles. The van der Waals surface area contributed by atoms with Gasteiger partial charge in [0.15, 0.2) is 5.82 Å². The summed E-state index contributed by atoms with van der Waals surface area (Å²) in [6.45, 7) is 1.74. The Morgan fingerprint density at radius 1 is 1.23 bits per heavy atom. The van der Waals surface area contributed by atoms with Crippen molar-refractivity contribution in [3.8, 4) is 0 Å². The molecule has 2 rings (SSSR count). The van der Waals surface area contributed by atoms with Crippen LogP contribution in [0.15, 0.2) is 24.3 Å². The van der Waals surface area contributed by atoms with Gasteiger partial charge in [0.2, 0.25) is 0 Å². The van der Waals surface area contributed by atoms with Crippen LogP contribution in [0.2, 0.25) is 0 Å². The molecule has 0 unspecified atom stereocenters. The van der Waals surface area contributed by atoms with Crippen LogP contribution in [-0.2, 0) is 6.61 Å². The zero-order chi connectivity index (χ0) is 9.10. The van der Waals surface area contributed by atoms with Gasteiger partial charge in [-0.3, -0.25) is 0 Å². The van der Waals surface area contributed by atoms with Crippen molar-refractivity contribution in [2.45, 2.75) is 6.61 Å². The van der Waals surface area contributed by atoms with Crippen LogP contribution in [0.5, 0.6) is 0 Å². The Labute approximate surface area is 76.5 Å². The monoisotopic (exact) mass is 177 g/mol. The van der Waals surface area contributed by atoms with E-state index in [-0.39, 0.29) is 6.61 Å². The summed E-state index contributed by atoms with van der Waals surface area (Å²) >= 11 is 0. The van der Waals surface area contributed by atoms with Gasteiger partial charge in [0.25, 0.3) is 0 Å². The third kappa shape index (κ3) is 1.67.